The maximum Gasteiger partial charge on any atom is 0.137 e. The molecule has 0 radical (unpaired) electrons. The van der Waals surface area contributed by atoms with E-state index in [9.17, 15) is 21.0 Å². The summed E-state index contributed by atoms with van der Waals surface area (Å²) in [4.78, 5) is 0. The van der Waals surface area contributed by atoms with E-state index in [1.165, 1.54) is 0 Å². The van der Waals surface area contributed by atoms with Crippen molar-refractivity contribution in [3.05, 3.63) is 117 Å². The van der Waals surface area contributed by atoms with E-state index in [2.05, 4.69) is 0 Å². The Hall–Kier alpha value is -5.42. The number of rotatable bonds is 2. The molecule has 0 fully saturated rings. The van der Waals surface area contributed by atoms with E-state index < -0.39 is 0 Å². The van der Waals surface area contributed by atoms with Crippen molar-refractivity contribution in [2.75, 3.05) is 0 Å². The third-order valence-electron chi connectivity index (χ3n) is 6.12. The number of nitriles is 4. The molecule has 0 bridgehead atoms. The standard InChI is InChI=1S/C32H20N4/c1-21-13-25(15-29(23-9-5-3-6-10-23)31(21)27(17-33)18-34)26-14-22(2)32(28(19-35)20-36)30(16-26)24-11-7-4-8-12-24/h3-16H,1-2H3/b26-25+. The second-order valence-electron chi connectivity index (χ2n) is 8.36. The highest BCUT2D eigenvalue weighted by molar-refractivity contribution is 5.81. The van der Waals surface area contributed by atoms with Crippen LogP contribution in [0.15, 0.2) is 84.9 Å². The van der Waals surface area contributed by atoms with Gasteiger partial charge in [0.25, 0.3) is 0 Å². The van der Waals surface area contributed by atoms with Gasteiger partial charge >= 0.3 is 0 Å². The average molecular weight is 461 g/mol. The monoisotopic (exact) mass is 460 g/mol. The van der Waals surface area contributed by atoms with Gasteiger partial charge in [0, 0.05) is 10.4 Å². The molecule has 0 aliphatic carbocycles. The van der Waals surface area contributed by atoms with Gasteiger partial charge in [-0.2, -0.15) is 21.0 Å². The second-order valence-corrected chi connectivity index (χ2v) is 8.36. The lowest BCUT2D eigenvalue weighted by Crippen LogP contribution is -2.15. The Balaban J connectivity index is 2.27. The predicted octanol–water partition coefficient (Wildman–Crippen LogP) is 5.32. The van der Waals surface area contributed by atoms with Gasteiger partial charge in [0.2, 0.25) is 0 Å². The molecule has 36 heavy (non-hydrogen) atoms. The van der Waals surface area contributed by atoms with Gasteiger partial charge < -0.3 is 0 Å². The van der Waals surface area contributed by atoms with Crippen LogP contribution in [0.1, 0.15) is 11.1 Å². The summed E-state index contributed by atoms with van der Waals surface area (Å²) in [5, 5.41) is 41.6. The third-order valence-corrected chi connectivity index (χ3v) is 6.12. The average Bonchev–Trinajstić information content (AvgIpc) is 2.92. The summed E-state index contributed by atoms with van der Waals surface area (Å²) < 4.78 is 0. The van der Waals surface area contributed by atoms with Crippen molar-refractivity contribution in [3.8, 4) is 46.5 Å². The van der Waals surface area contributed by atoms with E-state index in [1.54, 1.807) is 0 Å². The molecule has 4 aromatic rings. The lowest BCUT2D eigenvalue weighted by Gasteiger charge is -2.09. The number of hydrogen-bond donors (Lipinski definition) is 0. The fourth-order valence-electron chi connectivity index (χ4n) is 4.54. The molecule has 0 unspecified atom stereocenters. The van der Waals surface area contributed by atoms with Crippen molar-refractivity contribution in [1.82, 2.24) is 0 Å². The van der Waals surface area contributed by atoms with E-state index in [0.29, 0.717) is 10.4 Å². The Morgan fingerprint density at radius 3 is 1.14 bits per heavy atom. The largest absolute Gasteiger partial charge is 0.192 e. The zero-order chi connectivity index (χ0) is 25.7. The van der Waals surface area contributed by atoms with Crippen LogP contribution in [0.5, 0.6) is 0 Å². The van der Waals surface area contributed by atoms with Crippen molar-refractivity contribution < 1.29 is 0 Å². The highest BCUT2D eigenvalue weighted by Gasteiger charge is 2.11. The fraction of sp³-hybridized carbons (Fsp3) is 0.0625. The minimum absolute atomic E-state index is 0.0664. The first kappa shape index (κ1) is 23.7. The summed E-state index contributed by atoms with van der Waals surface area (Å²) >= 11 is 0. The highest BCUT2D eigenvalue weighted by atomic mass is 14.3. The van der Waals surface area contributed by atoms with Crippen molar-refractivity contribution in [3.63, 3.8) is 0 Å². The summed E-state index contributed by atoms with van der Waals surface area (Å²) in [5.74, 6) is 0. The van der Waals surface area contributed by atoms with Crippen LogP contribution >= 0.6 is 0 Å². The number of aryl methyl sites for hydroxylation is 2. The molecule has 4 aromatic carbocycles. The highest BCUT2D eigenvalue weighted by Crippen LogP contribution is 2.21. The van der Waals surface area contributed by atoms with Crippen LogP contribution in [0.3, 0.4) is 0 Å². The maximum absolute atomic E-state index is 9.63. The summed E-state index contributed by atoms with van der Waals surface area (Å²) in [6.45, 7) is 3.80. The van der Waals surface area contributed by atoms with Crippen LogP contribution in [-0.2, 0) is 0 Å². The predicted molar refractivity (Wildman–Crippen MR) is 139 cm³/mol. The minimum atomic E-state index is 0.0664. The Labute approximate surface area is 209 Å². The van der Waals surface area contributed by atoms with E-state index >= 15 is 0 Å². The molecule has 0 spiro atoms. The molecule has 168 valence electrons. The molecule has 0 saturated carbocycles. The first-order chi connectivity index (χ1) is 17.5. The smallest absolute Gasteiger partial charge is 0.137 e. The van der Waals surface area contributed by atoms with Gasteiger partial charge in [0.1, 0.15) is 35.4 Å². The molecular weight excluding hydrogens is 440 g/mol. The molecular formula is C32H20N4. The first-order valence-electron chi connectivity index (χ1n) is 11.3. The Bertz CT molecular complexity index is 1700. The quantitative estimate of drug-likeness (QED) is 0.404. The Morgan fingerprint density at radius 1 is 0.500 bits per heavy atom. The second kappa shape index (κ2) is 10.2. The van der Waals surface area contributed by atoms with Gasteiger partial charge in [-0.3, -0.25) is 0 Å². The molecule has 0 atom stereocenters. The summed E-state index contributed by atoms with van der Waals surface area (Å²) in [6, 6.07) is 35.5. The number of hydrogen-bond acceptors (Lipinski definition) is 4. The molecule has 4 heteroatoms. The lowest BCUT2D eigenvalue weighted by atomic mass is 9.93. The van der Waals surface area contributed by atoms with Gasteiger partial charge in [0.15, 0.2) is 0 Å². The Kier molecular flexibility index (Phi) is 6.75. The SMILES string of the molecule is Cc1c/c(=c2/cc(C)c(=C(C#N)C#N)c(-c3ccccc3)c2)cc(-c2ccccc2)c1=C(C#N)C#N. The topological polar surface area (TPSA) is 95.2 Å². The summed E-state index contributed by atoms with van der Waals surface area (Å²) in [7, 11) is 0. The van der Waals surface area contributed by atoms with E-state index in [-0.39, 0.29) is 11.1 Å². The molecule has 0 amide bonds. The van der Waals surface area contributed by atoms with Crippen LogP contribution in [0.25, 0.3) is 33.4 Å². The van der Waals surface area contributed by atoms with Crippen molar-refractivity contribution in [2.24, 2.45) is 0 Å². The minimum Gasteiger partial charge on any atom is -0.192 e. The lowest BCUT2D eigenvalue weighted by molar-refractivity contribution is 1.32. The summed E-state index contributed by atoms with van der Waals surface area (Å²) in [5.41, 5.74) is 5.17. The third kappa shape index (κ3) is 4.36. The van der Waals surface area contributed by atoms with Gasteiger partial charge in [-0.25, -0.2) is 0 Å². The molecule has 0 N–H and O–H groups in total. The van der Waals surface area contributed by atoms with Gasteiger partial charge in [0.05, 0.1) is 0 Å². The maximum atomic E-state index is 9.63. The zero-order valence-electron chi connectivity index (χ0n) is 19.9. The molecule has 4 rings (SSSR count). The van der Waals surface area contributed by atoms with Gasteiger partial charge in [-0.15, -0.1) is 0 Å². The normalized spacial score (nSPS) is 10.8. The molecule has 4 nitrogen and oxygen atoms in total. The van der Waals surface area contributed by atoms with E-state index in [1.807, 2.05) is 123 Å². The number of benzene rings is 4. The zero-order valence-corrected chi connectivity index (χ0v) is 19.9. The van der Waals surface area contributed by atoms with Crippen LogP contribution < -0.4 is 10.4 Å². The van der Waals surface area contributed by atoms with Crippen LogP contribution in [-0.4, -0.2) is 0 Å². The van der Waals surface area contributed by atoms with E-state index in [4.69, 9.17) is 0 Å². The number of nitrogens with zero attached hydrogens (tertiary/aromatic N) is 4. The Morgan fingerprint density at radius 2 is 0.833 bits per heavy atom. The van der Waals surface area contributed by atoms with Crippen LogP contribution in [0, 0.1) is 69.6 Å². The van der Waals surface area contributed by atoms with E-state index in [0.717, 1.165) is 43.8 Å². The fourth-order valence-corrected chi connectivity index (χ4v) is 4.54. The molecule has 0 aliphatic heterocycles. The molecule has 0 aromatic heterocycles. The van der Waals surface area contributed by atoms with Crippen LogP contribution in [0.2, 0.25) is 0 Å². The van der Waals surface area contributed by atoms with Crippen molar-refractivity contribution >= 4 is 11.1 Å². The molecule has 0 aliphatic rings. The first-order valence-corrected chi connectivity index (χ1v) is 11.3. The van der Waals surface area contributed by atoms with Crippen LogP contribution in [0.4, 0.5) is 0 Å². The molecule has 0 heterocycles. The van der Waals surface area contributed by atoms with Gasteiger partial charge in [-0.05, 0) is 69.8 Å². The summed E-state index contributed by atoms with van der Waals surface area (Å²) in [6.07, 6.45) is 0. The van der Waals surface area contributed by atoms with Crippen molar-refractivity contribution in [2.45, 2.75) is 13.8 Å². The van der Waals surface area contributed by atoms with Gasteiger partial charge in [-0.1, -0.05) is 72.8 Å². The molecule has 0 saturated heterocycles. The van der Waals surface area contributed by atoms with Crippen molar-refractivity contribution in [1.29, 1.82) is 21.0 Å².